The lowest BCUT2D eigenvalue weighted by Crippen LogP contribution is -2.13. The van der Waals surface area contributed by atoms with Gasteiger partial charge in [-0.2, -0.15) is 0 Å². The molecule has 0 aliphatic carbocycles. The van der Waals surface area contributed by atoms with Gasteiger partial charge in [-0.25, -0.2) is 0 Å². The zero-order valence-electron chi connectivity index (χ0n) is 15.1. The molecule has 1 amide bonds. The van der Waals surface area contributed by atoms with Crippen LogP contribution in [-0.4, -0.2) is 5.91 Å². The fourth-order valence-corrected chi connectivity index (χ4v) is 2.67. The number of rotatable bonds is 7. The predicted molar refractivity (Wildman–Crippen MR) is 99.6 cm³/mol. The minimum atomic E-state index is 0.0170. The first-order chi connectivity index (χ1) is 11.6. The smallest absolute Gasteiger partial charge is 0.224 e. The summed E-state index contributed by atoms with van der Waals surface area (Å²) in [6.07, 6.45) is 2.43. The number of hydrogen-bond acceptors (Lipinski definition) is 2. The van der Waals surface area contributed by atoms with Gasteiger partial charge in [-0.15, -0.1) is 0 Å². The van der Waals surface area contributed by atoms with E-state index < -0.39 is 0 Å². The lowest BCUT2D eigenvalue weighted by molar-refractivity contribution is -0.115. The molecule has 0 saturated heterocycles. The van der Waals surface area contributed by atoms with Gasteiger partial charge in [0.2, 0.25) is 5.91 Å². The highest BCUT2D eigenvalue weighted by molar-refractivity contribution is 5.91. The highest BCUT2D eigenvalue weighted by Crippen LogP contribution is 2.26. The second kappa shape index (κ2) is 8.53. The molecule has 128 valence electrons. The van der Waals surface area contributed by atoms with Crippen molar-refractivity contribution in [3.05, 3.63) is 58.7 Å². The summed E-state index contributed by atoms with van der Waals surface area (Å²) < 4.78 is 6.10. The van der Waals surface area contributed by atoms with Gasteiger partial charge in [0.1, 0.15) is 12.4 Å². The number of benzene rings is 2. The number of hydrogen-bond donors (Lipinski definition) is 1. The first-order valence-electron chi connectivity index (χ1n) is 8.71. The van der Waals surface area contributed by atoms with Crippen LogP contribution in [0.25, 0.3) is 0 Å². The monoisotopic (exact) mass is 325 g/mol. The molecule has 0 atom stereocenters. The number of anilines is 1. The van der Waals surface area contributed by atoms with Crippen molar-refractivity contribution in [1.29, 1.82) is 0 Å². The molecule has 3 heteroatoms. The summed E-state index contributed by atoms with van der Waals surface area (Å²) in [6, 6.07) is 12.3. The zero-order valence-corrected chi connectivity index (χ0v) is 15.1. The first kappa shape index (κ1) is 18.1. The predicted octanol–water partition coefficient (Wildman–Crippen LogP) is 5.05. The number of carbonyl (C=O) groups is 1. The van der Waals surface area contributed by atoms with Crippen LogP contribution in [0.2, 0.25) is 0 Å². The molecular formula is C21H27NO2. The normalized spacial score (nSPS) is 10.5. The topological polar surface area (TPSA) is 38.3 Å². The van der Waals surface area contributed by atoms with Gasteiger partial charge in [-0.1, -0.05) is 45.0 Å². The molecule has 0 aliphatic heterocycles. The van der Waals surface area contributed by atoms with Crippen molar-refractivity contribution >= 4 is 11.6 Å². The molecule has 0 heterocycles. The Morgan fingerprint density at radius 1 is 1.08 bits per heavy atom. The van der Waals surface area contributed by atoms with E-state index in [1.165, 1.54) is 11.1 Å². The lowest BCUT2D eigenvalue weighted by atomic mass is 10.1. The Balaban J connectivity index is 2.21. The minimum absolute atomic E-state index is 0.0170. The highest BCUT2D eigenvalue weighted by atomic mass is 16.5. The Kier molecular flexibility index (Phi) is 6.42. The van der Waals surface area contributed by atoms with Crippen molar-refractivity contribution < 1.29 is 9.53 Å². The van der Waals surface area contributed by atoms with E-state index in [0.29, 0.717) is 13.0 Å². The maximum atomic E-state index is 11.7. The molecule has 3 nitrogen and oxygen atoms in total. The number of carbonyl (C=O) groups excluding carboxylic acids is 1. The molecule has 2 rings (SSSR count). The largest absolute Gasteiger partial charge is 0.489 e. The Hall–Kier alpha value is -2.29. The third-order valence-corrected chi connectivity index (χ3v) is 4.29. The fraction of sp³-hybridized carbons (Fsp3) is 0.381. The minimum Gasteiger partial charge on any atom is -0.489 e. The summed E-state index contributed by atoms with van der Waals surface area (Å²) in [4.78, 5) is 11.7. The van der Waals surface area contributed by atoms with Crippen molar-refractivity contribution in [2.45, 2.75) is 53.6 Å². The van der Waals surface area contributed by atoms with E-state index >= 15 is 0 Å². The van der Waals surface area contributed by atoms with Gasteiger partial charge in [-0.3, -0.25) is 4.79 Å². The van der Waals surface area contributed by atoms with Crippen molar-refractivity contribution in [2.24, 2.45) is 0 Å². The van der Waals surface area contributed by atoms with Crippen LogP contribution in [0.4, 0.5) is 5.69 Å². The fourth-order valence-electron chi connectivity index (χ4n) is 2.67. The van der Waals surface area contributed by atoms with Gasteiger partial charge in [0.15, 0.2) is 0 Å². The van der Waals surface area contributed by atoms with Gasteiger partial charge in [-0.05, 0) is 48.6 Å². The van der Waals surface area contributed by atoms with E-state index in [1.54, 1.807) is 0 Å². The van der Waals surface area contributed by atoms with E-state index in [2.05, 4.69) is 37.4 Å². The third-order valence-electron chi connectivity index (χ3n) is 4.29. The van der Waals surface area contributed by atoms with Crippen molar-refractivity contribution in [3.63, 3.8) is 0 Å². The van der Waals surface area contributed by atoms with Crippen LogP contribution >= 0.6 is 0 Å². The number of aryl methyl sites for hydroxylation is 3. The number of amides is 1. The highest BCUT2D eigenvalue weighted by Gasteiger charge is 2.10. The molecule has 0 fully saturated rings. The van der Waals surface area contributed by atoms with E-state index in [9.17, 15) is 4.79 Å². The summed E-state index contributed by atoms with van der Waals surface area (Å²) in [5, 5.41) is 2.97. The Morgan fingerprint density at radius 2 is 1.88 bits per heavy atom. The standard InChI is InChI=1S/C21H27NO2/c1-5-16-11-12-20(17(6-2)13-16)24-14-18-15(4)9-8-10-19(18)22-21(23)7-3/h8-13H,5-7,14H2,1-4H3,(H,22,23). The Morgan fingerprint density at radius 3 is 2.54 bits per heavy atom. The van der Waals surface area contributed by atoms with Crippen molar-refractivity contribution in [2.75, 3.05) is 5.32 Å². The first-order valence-corrected chi connectivity index (χ1v) is 8.71. The molecule has 0 unspecified atom stereocenters. The Labute approximate surface area is 145 Å². The average molecular weight is 325 g/mol. The molecule has 0 saturated carbocycles. The third kappa shape index (κ3) is 4.38. The summed E-state index contributed by atoms with van der Waals surface area (Å²) >= 11 is 0. The summed E-state index contributed by atoms with van der Waals surface area (Å²) in [7, 11) is 0. The molecule has 0 aromatic heterocycles. The second-order valence-corrected chi connectivity index (χ2v) is 5.94. The van der Waals surface area contributed by atoms with E-state index in [0.717, 1.165) is 35.4 Å². The quantitative estimate of drug-likeness (QED) is 0.774. The molecule has 1 N–H and O–H groups in total. The van der Waals surface area contributed by atoms with E-state index in [4.69, 9.17) is 4.74 Å². The van der Waals surface area contributed by atoms with E-state index in [-0.39, 0.29) is 5.91 Å². The maximum Gasteiger partial charge on any atom is 0.224 e. The van der Waals surface area contributed by atoms with Crippen molar-refractivity contribution in [3.8, 4) is 5.75 Å². The van der Waals surface area contributed by atoms with Gasteiger partial charge >= 0.3 is 0 Å². The molecular weight excluding hydrogens is 298 g/mol. The maximum absolute atomic E-state index is 11.7. The molecule has 0 bridgehead atoms. The molecule has 0 radical (unpaired) electrons. The summed E-state index contributed by atoms with van der Waals surface area (Å²) in [5.41, 5.74) is 5.53. The van der Waals surface area contributed by atoms with Crippen LogP contribution < -0.4 is 10.1 Å². The van der Waals surface area contributed by atoms with Crippen LogP contribution in [0.5, 0.6) is 5.75 Å². The molecule has 0 aliphatic rings. The molecule has 2 aromatic rings. The van der Waals surface area contributed by atoms with Gasteiger partial charge in [0, 0.05) is 17.7 Å². The number of nitrogens with one attached hydrogen (secondary N) is 1. The average Bonchev–Trinajstić information content (AvgIpc) is 2.61. The van der Waals surface area contributed by atoms with E-state index in [1.807, 2.05) is 32.0 Å². The van der Waals surface area contributed by atoms with Crippen molar-refractivity contribution in [1.82, 2.24) is 0 Å². The molecule has 0 spiro atoms. The molecule has 2 aromatic carbocycles. The van der Waals surface area contributed by atoms with Crippen LogP contribution in [-0.2, 0) is 24.2 Å². The van der Waals surface area contributed by atoms with Crippen LogP contribution in [0.15, 0.2) is 36.4 Å². The summed E-state index contributed by atoms with van der Waals surface area (Å²) in [5.74, 6) is 0.939. The van der Waals surface area contributed by atoms with Crippen LogP contribution in [0, 0.1) is 6.92 Å². The lowest BCUT2D eigenvalue weighted by Gasteiger charge is -2.16. The van der Waals surface area contributed by atoms with Crippen LogP contribution in [0.3, 0.4) is 0 Å². The van der Waals surface area contributed by atoms with Gasteiger partial charge in [0.25, 0.3) is 0 Å². The Bertz CT molecular complexity index is 707. The second-order valence-electron chi connectivity index (χ2n) is 5.94. The van der Waals surface area contributed by atoms with Crippen LogP contribution in [0.1, 0.15) is 49.4 Å². The SMILES string of the molecule is CCC(=O)Nc1cccc(C)c1COc1ccc(CC)cc1CC. The number of ether oxygens (including phenoxy) is 1. The van der Waals surface area contributed by atoms with Gasteiger partial charge in [0.05, 0.1) is 0 Å². The zero-order chi connectivity index (χ0) is 17.5. The summed E-state index contributed by atoms with van der Waals surface area (Å²) in [6.45, 7) is 8.64. The molecule has 24 heavy (non-hydrogen) atoms. The van der Waals surface area contributed by atoms with Gasteiger partial charge < -0.3 is 10.1 Å².